The fraction of sp³-hybridized carbons (Fsp3) is 0.438. The highest BCUT2D eigenvalue weighted by Gasteiger charge is 2.38. The first-order valence-electron chi connectivity index (χ1n) is 7.63. The lowest BCUT2D eigenvalue weighted by molar-refractivity contribution is 0.295. The first-order chi connectivity index (χ1) is 10.9. The molecule has 0 N–H and O–H groups in total. The molecular weight excluding hydrogens is 336 g/mol. The van der Waals surface area contributed by atoms with E-state index >= 15 is 0 Å². The van der Waals surface area contributed by atoms with Gasteiger partial charge in [-0.15, -0.1) is 0 Å². The molecule has 1 aromatic heterocycles. The zero-order valence-corrected chi connectivity index (χ0v) is 14.6. The monoisotopic (exact) mass is 354 g/mol. The van der Waals surface area contributed by atoms with Gasteiger partial charge in [-0.3, -0.25) is 0 Å². The average Bonchev–Trinajstić information content (AvgIpc) is 3.16. The number of hydrogen-bond acceptors (Lipinski definition) is 4. The second-order valence-corrected chi connectivity index (χ2v) is 8.36. The van der Waals surface area contributed by atoms with Gasteiger partial charge in [0.2, 0.25) is 10.0 Å². The molecular formula is C16H19ClN2O3S. The lowest BCUT2D eigenvalue weighted by atomic mass is 10.1. The van der Waals surface area contributed by atoms with E-state index in [4.69, 9.17) is 16.1 Å². The third-order valence-electron chi connectivity index (χ3n) is 4.09. The molecule has 1 saturated heterocycles. The maximum Gasteiger partial charge on any atom is 0.243 e. The molecule has 0 spiro atoms. The molecule has 5 nitrogen and oxygen atoms in total. The molecule has 1 atom stereocenters. The minimum atomic E-state index is -3.58. The Morgan fingerprint density at radius 2 is 2.00 bits per heavy atom. The first kappa shape index (κ1) is 16.5. The fourth-order valence-electron chi connectivity index (χ4n) is 2.79. The Morgan fingerprint density at radius 3 is 2.61 bits per heavy atom. The summed E-state index contributed by atoms with van der Waals surface area (Å²) in [5.41, 5.74) is 0.843. The summed E-state index contributed by atoms with van der Waals surface area (Å²) < 4.78 is 32.7. The molecule has 0 radical (unpaired) electrons. The summed E-state index contributed by atoms with van der Waals surface area (Å²) in [5.74, 6) is 0.860. The van der Waals surface area contributed by atoms with E-state index in [2.05, 4.69) is 5.16 Å². The molecule has 23 heavy (non-hydrogen) atoms. The maximum absolute atomic E-state index is 12.9. The van der Waals surface area contributed by atoms with Crippen molar-refractivity contribution in [3.8, 4) is 0 Å². The van der Waals surface area contributed by atoms with Crippen molar-refractivity contribution in [2.75, 3.05) is 6.54 Å². The van der Waals surface area contributed by atoms with Crippen LogP contribution in [0.3, 0.4) is 0 Å². The van der Waals surface area contributed by atoms with E-state index in [1.54, 1.807) is 12.1 Å². The highest BCUT2D eigenvalue weighted by atomic mass is 35.5. The third-order valence-corrected chi connectivity index (χ3v) is 6.26. The molecule has 1 fully saturated rings. The molecule has 0 aliphatic carbocycles. The molecule has 0 amide bonds. The first-order valence-corrected chi connectivity index (χ1v) is 9.45. The molecule has 0 unspecified atom stereocenters. The second-order valence-electron chi connectivity index (χ2n) is 6.04. The molecule has 0 bridgehead atoms. The topological polar surface area (TPSA) is 63.4 Å². The molecule has 3 rings (SSSR count). The Bertz CT molecular complexity index is 784. The van der Waals surface area contributed by atoms with Gasteiger partial charge in [-0.25, -0.2) is 8.42 Å². The number of hydrogen-bond donors (Lipinski definition) is 0. The van der Waals surface area contributed by atoms with Crippen LogP contribution < -0.4 is 0 Å². The largest absolute Gasteiger partial charge is 0.359 e. The average molecular weight is 355 g/mol. The van der Waals surface area contributed by atoms with E-state index in [9.17, 15) is 8.42 Å². The van der Waals surface area contributed by atoms with Crippen LogP contribution >= 0.6 is 11.6 Å². The number of aromatic nitrogens is 1. The van der Waals surface area contributed by atoms with Gasteiger partial charge in [-0.1, -0.05) is 30.6 Å². The minimum absolute atomic E-state index is 0.246. The highest BCUT2D eigenvalue weighted by Crippen LogP contribution is 2.37. The zero-order chi connectivity index (χ0) is 16.6. The Labute approximate surface area is 141 Å². The van der Waals surface area contributed by atoms with Gasteiger partial charge >= 0.3 is 0 Å². The van der Waals surface area contributed by atoms with Crippen molar-refractivity contribution >= 4 is 21.6 Å². The van der Waals surface area contributed by atoms with Crippen molar-refractivity contribution in [3.05, 3.63) is 46.8 Å². The SMILES string of the molecule is CC(C)c1cc([C@H]2CCCN2S(=O)(=O)c2ccc(Cl)cc2)on1. The quantitative estimate of drug-likeness (QED) is 0.833. The van der Waals surface area contributed by atoms with Gasteiger partial charge in [-0.2, -0.15) is 4.31 Å². The molecule has 1 aliphatic heterocycles. The van der Waals surface area contributed by atoms with Gasteiger partial charge in [0.25, 0.3) is 0 Å². The van der Waals surface area contributed by atoms with Gasteiger partial charge in [0.15, 0.2) is 5.76 Å². The van der Waals surface area contributed by atoms with E-state index in [-0.39, 0.29) is 16.9 Å². The molecule has 0 saturated carbocycles. The summed E-state index contributed by atoms with van der Waals surface area (Å²) in [7, 11) is -3.58. The van der Waals surface area contributed by atoms with Crippen LogP contribution in [-0.4, -0.2) is 24.4 Å². The Morgan fingerprint density at radius 1 is 1.30 bits per heavy atom. The fourth-order valence-corrected chi connectivity index (χ4v) is 4.58. The molecule has 7 heteroatoms. The van der Waals surface area contributed by atoms with E-state index < -0.39 is 10.0 Å². The lowest BCUT2D eigenvalue weighted by Crippen LogP contribution is -2.30. The smallest absolute Gasteiger partial charge is 0.243 e. The molecule has 1 aromatic carbocycles. The number of sulfonamides is 1. The molecule has 2 heterocycles. The Balaban J connectivity index is 1.92. The van der Waals surface area contributed by atoms with Gasteiger partial charge < -0.3 is 4.52 Å². The van der Waals surface area contributed by atoms with Crippen LogP contribution in [0.4, 0.5) is 0 Å². The summed E-state index contributed by atoms with van der Waals surface area (Å²) in [6.07, 6.45) is 1.54. The standard InChI is InChI=1S/C16H19ClN2O3S/c1-11(2)14-10-16(22-18-14)15-4-3-9-19(15)23(20,21)13-7-5-12(17)6-8-13/h5-8,10-11,15H,3-4,9H2,1-2H3/t15-/m1/s1. The van der Waals surface area contributed by atoms with Crippen LogP contribution in [0.25, 0.3) is 0 Å². The third kappa shape index (κ3) is 3.16. The van der Waals surface area contributed by atoms with Crippen molar-refractivity contribution < 1.29 is 12.9 Å². The molecule has 2 aromatic rings. The summed E-state index contributed by atoms with van der Waals surface area (Å²) >= 11 is 5.85. The summed E-state index contributed by atoms with van der Waals surface area (Å²) in [4.78, 5) is 0.248. The molecule has 1 aliphatic rings. The highest BCUT2D eigenvalue weighted by molar-refractivity contribution is 7.89. The predicted molar refractivity (Wildman–Crippen MR) is 87.9 cm³/mol. The number of rotatable bonds is 4. The van der Waals surface area contributed by atoms with Crippen molar-refractivity contribution in [1.29, 1.82) is 0 Å². The molecule has 124 valence electrons. The number of halogens is 1. The number of benzene rings is 1. The van der Waals surface area contributed by atoms with E-state index in [1.165, 1.54) is 16.4 Å². The van der Waals surface area contributed by atoms with Crippen LogP contribution in [0.1, 0.15) is 50.1 Å². The van der Waals surface area contributed by atoms with Crippen LogP contribution in [0.15, 0.2) is 39.8 Å². The van der Waals surface area contributed by atoms with Crippen LogP contribution in [0.2, 0.25) is 5.02 Å². The van der Waals surface area contributed by atoms with Gasteiger partial charge in [0.05, 0.1) is 16.6 Å². The second kappa shape index (κ2) is 6.26. The normalized spacial score (nSPS) is 19.6. The van der Waals surface area contributed by atoms with Crippen molar-refractivity contribution in [3.63, 3.8) is 0 Å². The van der Waals surface area contributed by atoms with E-state index in [1.807, 2.05) is 19.9 Å². The van der Waals surface area contributed by atoms with Crippen molar-refractivity contribution in [2.45, 2.75) is 43.5 Å². The van der Waals surface area contributed by atoms with Crippen molar-refractivity contribution in [1.82, 2.24) is 9.46 Å². The lowest BCUT2D eigenvalue weighted by Gasteiger charge is -2.22. The van der Waals surface area contributed by atoms with E-state index in [0.29, 0.717) is 17.3 Å². The van der Waals surface area contributed by atoms with Crippen LogP contribution in [0, 0.1) is 0 Å². The zero-order valence-electron chi connectivity index (χ0n) is 13.1. The van der Waals surface area contributed by atoms with Crippen LogP contribution in [0.5, 0.6) is 0 Å². The Hall–Kier alpha value is -1.37. The predicted octanol–water partition coefficient (Wildman–Crippen LogP) is 3.98. The summed E-state index contributed by atoms with van der Waals surface area (Å²) in [6.45, 7) is 4.53. The Kier molecular flexibility index (Phi) is 4.49. The van der Waals surface area contributed by atoms with Crippen molar-refractivity contribution in [2.24, 2.45) is 0 Å². The summed E-state index contributed by atoms with van der Waals surface area (Å²) in [6, 6.07) is 7.82. The maximum atomic E-state index is 12.9. The van der Waals surface area contributed by atoms with Gasteiger partial charge in [0.1, 0.15) is 0 Å². The van der Waals surface area contributed by atoms with Gasteiger partial charge in [0, 0.05) is 17.6 Å². The minimum Gasteiger partial charge on any atom is -0.359 e. The summed E-state index contributed by atoms with van der Waals surface area (Å²) in [5, 5.41) is 4.56. The van der Waals surface area contributed by atoms with Crippen LogP contribution in [-0.2, 0) is 10.0 Å². The van der Waals surface area contributed by atoms with Gasteiger partial charge in [-0.05, 0) is 43.0 Å². The van der Waals surface area contributed by atoms with E-state index in [0.717, 1.165) is 18.5 Å². The number of nitrogens with zero attached hydrogens (tertiary/aromatic N) is 2.